The van der Waals surface area contributed by atoms with Gasteiger partial charge in [-0.2, -0.15) is 0 Å². The van der Waals surface area contributed by atoms with Crippen molar-refractivity contribution in [3.05, 3.63) is 48.3 Å². The van der Waals surface area contributed by atoms with Crippen LogP contribution in [0.2, 0.25) is 0 Å². The second-order valence-corrected chi connectivity index (χ2v) is 4.83. The molecule has 1 aromatic carbocycles. The summed E-state index contributed by atoms with van der Waals surface area (Å²) in [6, 6.07) is 10.4. The van der Waals surface area contributed by atoms with Crippen molar-refractivity contribution in [2.45, 2.75) is 6.10 Å². The number of hydrogen-bond acceptors (Lipinski definition) is 3. The van der Waals surface area contributed by atoms with Gasteiger partial charge in [-0.1, -0.05) is 12.1 Å². The van der Waals surface area contributed by atoms with Crippen LogP contribution in [0.4, 0.5) is 5.69 Å². The molecular weight excluding hydrogens is 272 g/mol. The van der Waals surface area contributed by atoms with Crippen molar-refractivity contribution in [2.24, 2.45) is 7.05 Å². The van der Waals surface area contributed by atoms with Crippen LogP contribution in [0.3, 0.4) is 0 Å². The molecule has 3 rings (SSSR count). The number of anilines is 1. The molecule has 1 amide bonds. The lowest BCUT2D eigenvalue weighted by atomic mass is 10.1. The summed E-state index contributed by atoms with van der Waals surface area (Å²) in [7, 11) is 1.77. The Morgan fingerprint density at radius 2 is 2.00 bits per heavy atom. The summed E-state index contributed by atoms with van der Waals surface area (Å²) in [6.07, 6.45) is 0.706. The molecule has 0 aliphatic carbocycles. The molecule has 6 heteroatoms. The quantitative estimate of drug-likeness (QED) is 0.908. The lowest BCUT2D eigenvalue weighted by molar-refractivity contribution is -0.144. The smallest absolute Gasteiger partial charge is 0.346 e. The molecule has 0 saturated heterocycles. The normalized spacial score (nSPS) is 17.0. The maximum Gasteiger partial charge on any atom is 0.346 e. The Morgan fingerprint density at radius 3 is 2.67 bits per heavy atom. The summed E-state index contributed by atoms with van der Waals surface area (Å²) in [5.41, 5.74) is 1.08. The Balaban J connectivity index is 2.02. The number of benzene rings is 1. The first kappa shape index (κ1) is 13.2. The number of rotatable bonds is 2. The zero-order chi connectivity index (χ0) is 15.0. The molecule has 2 heterocycles. The SMILES string of the molecule is Cn1cccc1C(=O)N1CC(C(=O)O)Oc2ccccc21. The Labute approximate surface area is 121 Å². The van der Waals surface area contributed by atoms with E-state index in [0.717, 1.165) is 0 Å². The van der Waals surface area contributed by atoms with Crippen LogP contribution in [-0.2, 0) is 11.8 Å². The summed E-state index contributed by atoms with van der Waals surface area (Å²) in [5.74, 6) is -0.933. The summed E-state index contributed by atoms with van der Waals surface area (Å²) in [6.45, 7) is -0.0175. The van der Waals surface area contributed by atoms with E-state index in [4.69, 9.17) is 4.74 Å². The van der Waals surface area contributed by atoms with Gasteiger partial charge in [-0.05, 0) is 24.3 Å². The van der Waals surface area contributed by atoms with Gasteiger partial charge in [0.25, 0.3) is 5.91 Å². The summed E-state index contributed by atoms with van der Waals surface area (Å²) in [5, 5.41) is 9.18. The van der Waals surface area contributed by atoms with Crippen molar-refractivity contribution in [2.75, 3.05) is 11.4 Å². The van der Waals surface area contributed by atoms with Crippen molar-refractivity contribution in [3.8, 4) is 5.75 Å². The van der Waals surface area contributed by atoms with E-state index in [1.165, 1.54) is 4.90 Å². The molecule has 1 aliphatic rings. The van der Waals surface area contributed by atoms with Gasteiger partial charge in [0.15, 0.2) is 0 Å². The number of carboxylic acids is 1. The molecule has 2 aromatic rings. The molecule has 1 unspecified atom stereocenters. The number of carbonyl (C=O) groups excluding carboxylic acids is 1. The van der Waals surface area contributed by atoms with Gasteiger partial charge in [-0.3, -0.25) is 9.69 Å². The minimum Gasteiger partial charge on any atom is -0.478 e. The summed E-state index contributed by atoms with van der Waals surface area (Å²) in [4.78, 5) is 25.3. The number of carboxylic acid groups (broad SMARTS) is 1. The molecule has 0 bridgehead atoms. The zero-order valence-corrected chi connectivity index (χ0v) is 11.4. The van der Waals surface area contributed by atoms with Gasteiger partial charge in [-0.15, -0.1) is 0 Å². The van der Waals surface area contributed by atoms with Crippen molar-refractivity contribution < 1.29 is 19.4 Å². The highest BCUT2D eigenvalue weighted by Gasteiger charge is 2.34. The average molecular weight is 286 g/mol. The van der Waals surface area contributed by atoms with Crippen LogP contribution >= 0.6 is 0 Å². The number of aryl methyl sites for hydroxylation is 1. The molecule has 0 saturated carbocycles. The summed E-state index contributed by atoms with van der Waals surface area (Å²) >= 11 is 0. The van der Waals surface area contributed by atoms with E-state index in [9.17, 15) is 14.7 Å². The van der Waals surface area contributed by atoms with Crippen LogP contribution in [0.15, 0.2) is 42.6 Å². The van der Waals surface area contributed by atoms with E-state index in [1.807, 2.05) is 0 Å². The minimum absolute atomic E-state index is 0.0175. The van der Waals surface area contributed by atoms with E-state index in [-0.39, 0.29) is 12.5 Å². The van der Waals surface area contributed by atoms with Crippen molar-refractivity contribution in [1.29, 1.82) is 0 Å². The molecule has 108 valence electrons. The van der Waals surface area contributed by atoms with Crippen LogP contribution in [-0.4, -0.2) is 34.2 Å². The number of para-hydroxylation sites is 2. The molecule has 0 radical (unpaired) electrons. The monoisotopic (exact) mass is 286 g/mol. The minimum atomic E-state index is -1.09. The predicted octanol–water partition coefficient (Wildman–Crippen LogP) is 1.52. The molecule has 1 aliphatic heterocycles. The third-order valence-corrected chi connectivity index (χ3v) is 3.46. The van der Waals surface area contributed by atoms with E-state index >= 15 is 0 Å². The zero-order valence-electron chi connectivity index (χ0n) is 11.4. The molecule has 6 nitrogen and oxygen atoms in total. The maximum atomic E-state index is 12.7. The largest absolute Gasteiger partial charge is 0.478 e. The fourth-order valence-corrected chi connectivity index (χ4v) is 2.38. The van der Waals surface area contributed by atoms with Gasteiger partial charge < -0.3 is 14.4 Å². The molecule has 1 aromatic heterocycles. The van der Waals surface area contributed by atoms with Crippen molar-refractivity contribution >= 4 is 17.6 Å². The van der Waals surface area contributed by atoms with Crippen molar-refractivity contribution in [1.82, 2.24) is 4.57 Å². The number of aliphatic carboxylic acids is 1. The Hall–Kier alpha value is -2.76. The van der Waals surface area contributed by atoms with E-state index in [2.05, 4.69) is 0 Å². The van der Waals surface area contributed by atoms with E-state index in [0.29, 0.717) is 17.1 Å². The predicted molar refractivity (Wildman–Crippen MR) is 75.6 cm³/mol. The first-order valence-electron chi connectivity index (χ1n) is 6.49. The van der Waals surface area contributed by atoms with Gasteiger partial charge in [0.2, 0.25) is 6.10 Å². The van der Waals surface area contributed by atoms with E-state index in [1.54, 1.807) is 54.2 Å². The first-order chi connectivity index (χ1) is 10.1. The number of aromatic nitrogens is 1. The van der Waals surface area contributed by atoms with Crippen LogP contribution in [0, 0.1) is 0 Å². The van der Waals surface area contributed by atoms with Gasteiger partial charge in [0, 0.05) is 13.2 Å². The molecule has 1 N–H and O–H groups in total. The number of fused-ring (bicyclic) bond motifs is 1. The van der Waals surface area contributed by atoms with Crippen molar-refractivity contribution in [3.63, 3.8) is 0 Å². The van der Waals surface area contributed by atoms with Gasteiger partial charge in [-0.25, -0.2) is 4.79 Å². The number of nitrogens with zero attached hydrogens (tertiary/aromatic N) is 2. The fraction of sp³-hybridized carbons (Fsp3) is 0.200. The Kier molecular flexibility index (Phi) is 3.13. The Morgan fingerprint density at radius 1 is 1.24 bits per heavy atom. The Bertz CT molecular complexity index is 707. The summed E-state index contributed by atoms with van der Waals surface area (Å²) < 4.78 is 7.13. The molecule has 0 fully saturated rings. The lowest BCUT2D eigenvalue weighted by Gasteiger charge is -2.33. The topological polar surface area (TPSA) is 71.8 Å². The maximum absolute atomic E-state index is 12.7. The van der Waals surface area contributed by atoms with Crippen LogP contribution < -0.4 is 9.64 Å². The van der Waals surface area contributed by atoms with Gasteiger partial charge in [0.1, 0.15) is 11.4 Å². The molecule has 0 spiro atoms. The van der Waals surface area contributed by atoms with E-state index < -0.39 is 12.1 Å². The molecule has 21 heavy (non-hydrogen) atoms. The molecule has 1 atom stereocenters. The van der Waals surface area contributed by atoms with Gasteiger partial charge in [0.05, 0.1) is 12.2 Å². The lowest BCUT2D eigenvalue weighted by Crippen LogP contribution is -2.47. The van der Waals surface area contributed by atoms with Crippen LogP contribution in [0.5, 0.6) is 5.75 Å². The molecular formula is C15H14N2O4. The number of ether oxygens (including phenoxy) is 1. The average Bonchev–Trinajstić information content (AvgIpc) is 2.91. The number of amides is 1. The highest BCUT2D eigenvalue weighted by Crippen LogP contribution is 2.34. The highest BCUT2D eigenvalue weighted by molar-refractivity contribution is 6.06. The van der Waals surface area contributed by atoms with Crippen LogP contribution in [0.25, 0.3) is 0 Å². The highest BCUT2D eigenvalue weighted by atomic mass is 16.5. The third-order valence-electron chi connectivity index (χ3n) is 3.46. The second-order valence-electron chi connectivity index (χ2n) is 4.83. The first-order valence-corrected chi connectivity index (χ1v) is 6.49. The third kappa shape index (κ3) is 2.24. The van der Waals surface area contributed by atoms with Crippen LogP contribution in [0.1, 0.15) is 10.5 Å². The number of carbonyl (C=O) groups is 2. The second kappa shape index (κ2) is 4.97. The fourth-order valence-electron chi connectivity index (χ4n) is 2.38. The standard InChI is InChI=1S/C15H14N2O4/c1-16-8-4-6-11(16)14(18)17-9-13(15(19)20)21-12-7-3-2-5-10(12)17/h2-8,13H,9H2,1H3,(H,19,20). The number of hydrogen-bond donors (Lipinski definition) is 1. The van der Waals surface area contributed by atoms with Gasteiger partial charge >= 0.3 is 5.97 Å².